The quantitative estimate of drug-likeness (QED) is 0.395. The van der Waals surface area contributed by atoms with Crippen molar-refractivity contribution in [3.05, 3.63) is 88.1 Å². The minimum Gasteiger partial charge on any atom is -0.495 e. The molecule has 0 unspecified atom stereocenters. The SMILES string of the molecule is C=N/C=C\C=C(/C)c1nnc2n1-c1ccc(OC)c(Cl)c1C(c1c(F)cccc1F)=NC2. The van der Waals surface area contributed by atoms with Crippen LogP contribution in [0.1, 0.15) is 29.7 Å². The number of rotatable bonds is 5. The van der Waals surface area contributed by atoms with E-state index in [1.54, 1.807) is 35.1 Å². The van der Waals surface area contributed by atoms with Gasteiger partial charge in [0.15, 0.2) is 11.6 Å². The monoisotopic (exact) mass is 453 g/mol. The third-order valence-electron chi connectivity index (χ3n) is 4.98. The molecule has 9 heteroatoms. The van der Waals surface area contributed by atoms with Gasteiger partial charge in [0.2, 0.25) is 0 Å². The first-order valence-corrected chi connectivity index (χ1v) is 9.95. The lowest BCUT2D eigenvalue weighted by atomic mass is 9.98. The first-order valence-electron chi connectivity index (χ1n) is 9.58. The van der Waals surface area contributed by atoms with Gasteiger partial charge in [0.25, 0.3) is 0 Å². The molecule has 1 aliphatic rings. The van der Waals surface area contributed by atoms with Crippen LogP contribution in [-0.2, 0) is 6.54 Å². The molecule has 2 aromatic carbocycles. The van der Waals surface area contributed by atoms with Crippen LogP contribution in [0.4, 0.5) is 8.78 Å². The molecule has 0 saturated carbocycles. The summed E-state index contributed by atoms with van der Waals surface area (Å²) >= 11 is 6.67. The van der Waals surface area contributed by atoms with Crippen molar-refractivity contribution in [3.63, 3.8) is 0 Å². The van der Waals surface area contributed by atoms with Gasteiger partial charge < -0.3 is 4.74 Å². The molecule has 1 aliphatic heterocycles. The van der Waals surface area contributed by atoms with E-state index >= 15 is 0 Å². The third-order valence-corrected chi connectivity index (χ3v) is 5.36. The van der Waals surface area contributed by atoms with Crippen molar-refractivity contribution in [2.24, 2.45) is 9.98 Å². The van der Waals surface area contributed by atoms with Crippen LogP contribution in [0.25, 0.3) is 11.3 Å². The van der Waals surface area contributed by atoms with Crippen molar-refractivity contribution in [3.8, 4) is 11.4 Å². The molecule has 3 aromatic rings. The lowest BCUT2D eigenvalue weighted by Gasteiger charge is -2.17. The van der Waals surface area contributed by atoms with E-state index in [2.05, 4.69) is 26.9 Å². The fourth-order valence-electron chi connectivity index (χ4n) is 3.52. The fraction of sp³-hybridized carbons (Fsp3) is 0.130. The topological polar surface area (TPSA) is 64.7 Å². The molecule has 0 atom stereocenters. The zero-order valence-electron chi connectivity index (χ0n) is 17.3. The van der Waals surface area contributed by atoms with Gasteiger partial charge in [-0.2, -0.15) is 0 Å². The number of nitrogens with zero attached hydrogens (tertiary/aromatic N) is 5. The van der Waals surface area contributed by atoms with Gasteiger partial charge in [0, 0.05) is 11.8 Å². The second kappa shape index (κ2) is 8.84. The van der Waals surface area contributed by atoms with Crippen LogP contribution in [0.5, 0.6) is 5.75 Å². The van der Waals surface area contributed by atoms with Crippen molar-refractivity contribution in [2.45, 2.75) is 13.5 Å². The Kier molecular flexibility index (Phi) is 5.96. The molecule has 0 bridgehead atoms. The highest BCUT2D eigenvalue weighted by molar-refractivity contribution is 6.37. The predicted octanol–water partition coefficient (Wildman–Crippen LogP) is 5.18. The van der Waals surface area contributed by atoms with E-state index in [1.807, 2.05) is 6.92 Å². The summed E-state index contributed by atoms with van der Waals surface area (Å²) in [4.78, 5) is 8.18. The molecule has 0 fully saturated rings. The molecule has 0 saturated heterocycles. The Bertz CT molecular complexity index is 1290. The smallest absolute Gasteiger partial charge is 0.164 e. The molecule has 0 aliphatic carbocycles. The van der Waals surface area contributed by atoms with E-state index in [4.69, 9.17) is 16.3 Å². The summed E-state index contributed by atoms with van der Waals surface area (Å²) < 4.78 is 36.6. The van der Waals surface area contributed by atoms with Crippen LogP contribution in [0.3, 0.4) is 0 Å². The van der Waals surface area contributed by atoms with Crippen molar-refractivity contribution < 1.29 is 13.5 Å². The number of allylic oxidation sites excluding steroid dienone is 3. The number of methoxy groups -OCH3 is 1. The first kappa shape index (κ1) is 21.6. The maximum Gasteiger partial charge on any atom is 0.164 e. The Morgan fingerprint density at radius 1 is 1.19 bits per heavy atom. The molecule has 0 spiro atoms. The van der Waals surface area contributed by atoms with Crippen molar-refractivity contribution in [1.82, 2.24) is 14.8 Å². The van der Waals surface area contributed by atoms with Crippen LogP contribution in [0.2, 0.25) is 5.02 Å². The fourth-order valence-corrected chi connectivity index (χ4v) is 3.85. The summed E-state index contributed by atoms with van der Waals surface area (Å²) in [7, 11) is 1.47. The summed E-state index contributed by atoms with van der Waals surface area (Å²) in [6.45, 7) is 5.31. The van der Waals surface area contributed by atoms with Crippen LogP contribution in [0, 0.1) is 11.6 Å². The van der Waals surface area contributed by atoms with E-state index in [-0.39, 0.29) is 22.8 Å². The largest absolute Gasteiger partial charge is 0.495 e. The van der Waals surface area contributed by atoms with Crippen LogP contribution < -0.4 is 4.74 Å². The normalized spacial score (nSPS) is 13.4. The third kappa shape index (κ3) is 3.62. The van der Waals surface area contributed by atoms with Gasteiger partial charge >= 0.3 is 0 Å². The number of hydrogen-bond donors (Lipinski definition) is 0. The van der Waals surface area contributed by atoms with Gasteiger partial charge in [-0.05, 0) is 49.6 Å². The zero-order chi connectivity index (χ0) is 22.8. The Hall–Kier alpha value is -3.65. The van der Waals surface area contributed by atoms with Crippen LogP contribution in [-0.4, -0.2) is 34.3 Å². The molecule has 2 heterocycles. The summed E-state index contributed by atoms with van der Waals surface area (Å²) in [5.41, 5.74) is 1.45. The first-order chi connectivity index (χ1) is 15.5. The minimum atomic E-state index is -0.746. The number of ether oxygens (including phenoxy) is 1. The lowest BCUT2D eigenvalue weighted by Crippen LogP contribution is -2.13. The number of benzene rings is 2. The van der Waals surface area contributed by atoms with Crippen molar-refractivity contribution in [2.75, 3.05) is 7.11 Å². The van der Waals surface area contributed by atoms with Gasteiger partial charge in [-0.15, -0.1) is 10.2 Å². The summed E-state index contributed by atoms with van der Waals surface area (Å²) in [5.74, 6) is -0.121. The van der Waals surface area contributed by atoms with E-state index in [0.717, 1.165) is 5.57 Å². The van der Waals surface area contributed by atoms with Gasteiger partial charge in [0.1, 0.15) is 23.9 Å². The highest BCUT2D eigenvalue weighted by Gasteiger charge is 2.29. The van der Waals surface area contributed by atoms with E-state index in [9.17, 15) is 8.78 Å². The highest BCUT2D eigenvalue weighted by atomic mass is 35.5. The Morgan fingerprint density at radius 2 is 1.94 bits per heavy atom. The highest BCUT2D eigenvalue weighted by Crippen LogP contribution is 2.38. The number of fused-ring (bicyclic) bond motifs is 3. The maximum absolute atomic E-state index is 14.8. The molecule has 4 rings (SSSR count). The second-order valence-electron chi connectivity index (χ2n) is 6.89. The molecule has 0 amide bonds. The lowest BCUT2D eigenvalue weighted by molar-refractivity contribution is 0.415. The number of halogens is 3. The molecule has 0 N–H and O–H groups in total. The van der Waals surface area contributed by atoms with Crippen molar-refractivity contribution >= 4 is 29.6 Å². The number of hydrogen-bond acceptors (Lipinski definition) is 5. The van der Waals surface area contributed by atoms with Gasteiger partial charge in [0.05, 0.1) is 29.1 Å². The average Bonchev–Trinajstić information content (AvgIpc) is 3.13. The maximum atomic E-state index is 14.8. The molecule has 0 radical (unpaired) electrons. The Labute approximate surface area is 188 Å². The zero-order valence-corrected chi connectivity index (χ0v) is 18.1. The van der Waals surface area contributed by atoms with Crippen LogP contribution in [0.15, 0.2) is 58.7 Å². The van der Waals surface area contributed by atoms with Gasteiger partial charge in [-0.25, -0.2) is 8.78 Å². The van der Waals surface area contributed by atoms with Gasteiger partial charge in [-0.1, -0.05) is 23.7 Å². The standard InChI is InChI=1S/C23H18ClF2N5O/c1-13(6-5-11-27-2)23-30-29-18-12-28-22(19-14(25)7-4-8-15(19)26)20-16(31(18)23)9-10-17(32-3)21(20)24/h4-11H,2,12H2,1,3H3/b11-5-,13-6+. The summed E-state index contributed by atoms with van der Waals surface area (Å²) in [6, 6.07) is 7.07. The number of aliphatic imine (C=N–C) groups is 2. The second-order valence-corrected chi connectivity index (χ2v) is 7.26. The van der Waals surface area contributed by atoms with E-state index in [0.29, 0.717) is 28.6 Å². The summed E-state index contributed by atoms with van der Waals surface area (Å²) in [6.07, 6.45) is 5.07. The number of aromatic nitrogens is 3. The van der Waals surface area contributed by atoms with E-state index < -0.39 is 11.6 Å². The molecular formula is C23H18ClF2N5O. The Balaban J connectivity index is 2.02. The molecule has 32 heavy (non-hydrogen) atoms. The average molecular weight is 454 g/mol. The van der Waals surface area contributed by atoms with E-state index in [1.165, 1.54) is 25.3 Å². The molecule has 162 valence electrons. The van der Waals surface area contributed by atoms with Gasteiger partial charge in [-0.3, -0.25) is 14.6 Å². The Morgan fingerprint density at radius 3 is 2.62 bits per heavy atom. The predicted molar refractivity (Wildman–Crippen MR) is 121 cm³/mol. The molecular weight excluding hydrogens is 436 g/mol. The summed E-state index contributed by atoms with van der Waals surface area (Å²) in [5, 5.41) is 8.73. The van der Waals surface area contributed by atoms with Crippen LogP contribution >= 0.6 is 11.6 Å². The minimum absolute atomic E-state index is 0.0424. The van der Waals surface area contributed by atoms with Crippen molar-refractivity contribution in [1.29, 1.82) is 0 Å². The molecule has 6 nitrogen and oxygen atoms in total. The molecule has 1 aromatic heterocycles.